The molecule has 0 N–H and O–H groups in total. The van der Waals surface area contributed by atoms with Gasteiger partial charge in [0.05, 0.1) is 6.61 Å². The first-order valence-electron chi connectivity index (χ1n) is 7.10. The molecule has 1 unspecified atom stereocenters. The summed E-state index contributed by atoms with van der Waals surface area (Å²) in [6.07, 6.45) is 5.69. The minimum atomic E-state index is -0.483. The fraction of sp³-hybridized carbons (Fsp3) is 0.812. The van der Waals surface area contributed by atoms with Crippen LogP contribution in [-0.2, 0) is 9.53 Å². The van der Waals surface area contributed by atoms with E-state index in [1.807, 2.05) is 6.92 Å². The number of Topliss-reactive ketones (excluding diaryl/α,β-unsaturated/α-hetero) is 1. The maximum atomic E-state index is 12.6. The van der Waals surface area contributed by atoms with Crippen LogP contribution in [0.25, 0.3) is 0 Å². The van der Waals surface area contributed by atoms with E-state index in [9.17, 15) is 4.79 Å². The van der Waals surface area contributed by atoms with Crippen LogP contribution in [0.4, 0.5) is 0 Å². The third kappa shape index (κ3) is 2.85. The number of carbonyl (C=O) groups excluding carboxylic acids is 1. The minimum absolute atomic E-state index is 0.0126. The van der Waals surface area contributed by atoms with Gasteiger partial charge in [-0.05, 0) is 37.5 Å². The molecule has 1 aliphatic heterocycles. The van der Waals surface area contributed by atoms with Gasteiger partial charge < -0.3 is 4.74 Å². The molecule has 1 heterocycles. The SMILES string of the molecule is CC1C=C(C[C@H](C(=O)[C@@]2(C)CO2)C(C)(C)C)CC1. The van der Waals surface area contributed by atoms with E-state index in [4.69, 9.17) is 4.74 Å². The molecule has 1 saturated heterocycles. The van der Waals surface area contributed by atoms with E-state index in [1.54, 1.807) is 0 Å². The zero-order chi connectivity index (χ0) is 13.6. The maximum Gasteiger partial charge on any atom is 0.170 e. The van der Waals surface area contributed by atoms with Crippen molar-refractivity contribution < 1.29 is 9.53 Å². The molecule has 0 aromatic heterocycles. The van der Waals surface area contributed by atoms with Crippen LogP contribution in [0.5, 0.6) is 0 Å². The summed E-state index contributed by atoms with van der Waals surface area (Å²) in [5, 5.41) is 0. The van der Waals surface area contributed by atoms with Gasteiger partial charge in [0.1, 0.15) is 5.60 Å². The standard InChI is InChI=1S/C16H26O2/c1-11-6-7-12(8-11)9-13(15(2,3)4)14(17)16(5)10-18-16/h8,11,13H,6-7,9-10H2,1-5H3/t11?,13-,16-/m1/s1. The average Bonchev–Trinajstić information content (AvgIpc) is 2.86. The van der Waals surface area contributed by atoms with Gasteiger partial charge in [0.2, 0.25) is 0 Å². The van der Waals surface area contributed by atoms with Gasteiger partial charge in [-0.1, -0.05) is 39.3 Å². The Morgan fingerprint density at radius 2 is 2.17 bits per heavy atom. The maximum absolute atomic E-state index is 12.6. The largest absolute Gasteiger partial charge is 0.362 e. The van der Waals surface area contributed by atoms with Gasteiger partial charge in [0.15, 0.2) is 5.78 Å². The lowest BCUT2D eigenvalue weighted by Gasteiger charge is -2.31. The molecule has 0 radical (unpaired) electrons. The van der Waals surface area contributed by atoms with Gasteiger partial charge in [-0.3, -0.25) is 4.79 Å². The van der Waals surface area contributed by atoms with Crippen molar-refractivity contribution in [2.45, 2.75) is 59.5 Å². The molecule has 2 aliphatic rings. The monoisotopic (exact) mass is 250 g/mol. The lowest BCUT2D eigenvalue weighted by molar-refractivity contribution is -0.130. The summed E-state index contributed by atoms with van der Waals surface area (Å²) in [6, 6.07) is 0. The van der Waals surface area contributed by atoms with Crippen LogP contribution in [-0.4, -0.2) is 18.0 Å². The zero-order valence-corrected chi connectivity index (χ0v) is 12.4. The Hall–Kier alpha value is -0.630. The van der Waals surface area contributed by atoms with Crippen molar-refractivity contribution in [2.75, 3.05) is 6.61 Å². The third-order valence-electron chi connectivity index (χ3n) is 4.37. The lowest BCUT2D eigenvalue weighted by Crippen LogP contribution is -2.37. The number of carbonyl (C=O) groups is 1. The van der Waals surface area contributed by atoms with Gasteiger partial charge in [-0.15, -0.1) is 0 Å². The number of ether oxygens (including phenoxy) is 1. The molecule has 0 aromatic rings. The Balaban J connectivity index is 2.11. The van der Waals surface area contributed by atoms with E-state index in [2.05, 4.69) is 33.8 Å². The second kappa shape index (κ2) is 4.48. The molecular weight excluding hydrogens is 224 g/mol. The molecule has 0 aromatic carbocycles. The number of rotatable bonds is 4. The van der Waals surface area contributed by atoms with E-state index in [-0.39, 0.29) is 11.3 Å². The molecule has 2 nitrogen and oxygen atoms in total. The van der Waals surface area contributed by atoms with Crippen LogP contribution in [0.2, 0.25) is 0 Å². The molecule has 102 valence electrons. The number of allylic oxidation sites excluding steroid dienone is 2. The molecule has 1 fully saturated rings. The highest BCUT2D eigenvalue weighted by Crippen LogP contribution is 2.41. The van der Waals surface area contributed by atoms with Gasteiger partial charge in [0, 0.05) is 5.92 Å². The summed E-state index contributed by atoms with van der Waals surface area (Å²) in [7, 11) is 0. The van der Waals surface area contributed by atoms with Crippen LogP contribution in [0.1, 0.15) is 53.9 Å². The van der Waals surface area contributed by atoms with E-state index < -0.39 is 5.60 Å². The first-order chi connectivity index (χ1) is 8.22. The Bertz CT molecular complexity index is 369. The summed E-state index contributed by atoms with van der Waals surface area (Å²) in [6.45, 7) is 11.3. The van der Waals surface area contributed by atoms with Gasteiger partial charge in [-0.2, -0.15) is 0 Å². The minimum Gasteiger partial charge on any atom is -0.362 e. The zero-order valence-electron chi connectivity index (χ0n) is 12.4. The summed E-state index contributed by atoms with van der Waals surface area (Å²) in [5.41, 5.74) is 1.00. The Labute approximate surface area is 111 Å². The third-order valence-corrected chi connectivity index (χ3v) is 4.37. The average molecular weight is 250 g/mol. The lowest BCUT2D eigenvalue weighted by atomic mass is 9.72. The summed E-state index contributed by atoms with van der Waals surface area (Å²) >= 11 is 0. The van der Waals surface area contributed by atoms with Gasteiger partial charge in [0.25, 0.3) is 0 Å². The van der Waals surface area contributed by atoms with Crippen LogP contribution < -0.4 is 0 Å². The van der Waals surface area contributed by atoms with Crippen molar-refractivity contribution in [2.24, 2.45) is 17.3 Å². The van der Waals surface area contributed by atoms with Crippen molar-refractivity contribution in [3.05, 3.63) is 11.6 Å². The normalized spacial score (nSPS) is 33.2. The highest BCUT2D eigenvalue weighted by atomic mass is 16.6. The molecule has 0 saturated carbocycles. The van der Waals surface area contributed by atoms with Crippen molar-refractivity contribution in [1.29, 1.82) is 0 Å². The van der Waals surface area contributed by atoms with Crippen molar-refractivity contribution >= 4 is 5.78 Å². The number of hydrogen-bond donors (Lipinski definition) is 0. The number of ketones is 1. The van der Waals surface area contributed by atoms with Crippen LogP contribution in [0.15, 0.2) is 11.6 Å². The molecule has 1 aliphatic carbocycles. The first-order valence-corrected chi connectivity index (χ1v) is 7.10. The highest BCUT2D eigenvalue weighted by molar-refractivity contribution is 5.92. The quantitative estimate of drug-likeness (QED) is 0.561. The van der Waals surface area contributed by atoms with Crippen LogP contribution in [0.3, 0.4) is 0 Å². The van der Waals surface area contributed by atoms with E-state index in [0.29, 0.717) is 18.3 Å². The van der Waals surface area contributed by atoms with Gasteiger partial charge in [-0.25, -0.2) is 0 Å². The second-order valence-electron chi connectivity index (χ2n) is 7.35. The van der Waals surface area contributed by atoms with E-state index in [0.717, 1.165) is 6.42 Å². The highest BCUT2D eigenvalue weighted by Gasteiger charge is 2.51. The second-order valence-corrected chi connectivity index (χ2v) is 7.35. The molecule has 2 rings (SSSR count). The Kier molecular flexibility index (Phi) is 3.44. The summed E-state index contributed by atoms with van der Waals surface area (Å²) < 4.78 is 5.35. The van der Waals surface area contributed by atoms with Crippen molar-refractivity contribution in [3.8, 4) is 0 Å². The summed E-state index contributed by atoms with van der Waals surface area (Å²) in [4.78, 5) is 12.6. The van der Waals surface area contributed by atoms with Gasteiger partial charge >= 0.3 is 0 Å². The molecule has 3 atom stereocenters. The molecule has 0 bridgehead atoms. The summed E-state index contributed by atoms with van der Waals surface area (Å²) in [5.74, 6) is 1.07. The fourth-order valence-electron chi connectivity index (χ4n) is 2.83. The molecule has 2 heteroatoms. The fourth-order valence-corrected chi connectivity index (χ4v) is 2.83. The number of hydrogen-bond acceptors (Lipinski definition) is 2. The predicted octanol–water partition coefficient (Wildman–Crippen LogP) is 3.75. The Morgan fingerprint density at radius 1 is 1.56 bits per heavy atom. The first kappa shape index (κ1) is 13.8. The van der Waals surface area contributed by atoms with Crippen molar-refractivity contribution in [3.63, 3.8) is 0 Å². The van der Waals surface area contributed by atoms with Crippen LogP contribution >= 0.6 is 0 Å². The van der Waals surface area contributed by atoms with Crippen LogP contribution in [0, 0.1) is 17.3 Å². The van der Waals surface area contributed by atoms with E-state index >= 15 is 0 Å². The van der Waals surface area contributed by atoms with E-state index in [1.165, 1.54) is 18.4 Å². The molecule has 0 spiro atoms. The smallest absolute Gasteiger partial charge is 0.170 e. The van der Waals surface area contributed by atoms with Crippen molar-refractivity contribution in [1.82, 2.24) is 0 Å². The number of epoxide rings is 1. The molecular formula is C16H26O2. The molecule has 0 amide bonds. The topological polar surface area (TPSA) is 29.6 Å². The predicted molar refractivity (Wildman–Crippen MR) is 73.4 cm³/mol. The molecule has 18 heavy (non-hydrogen) atoms. The Morgan fingerprint density at radius 3 is 2.56 bits per heavy atom.